The summed E-state index contributed by atoms with van der Waals surface area (Å²) in [6, 6.07) is 12.4. The highest BCUT2D eigenvalue weighted by Gasteiger charge is 2.19. The number of amides is 1. The van der Waals surface area contributed by atoms with Crippen LogP contribution in [0.4, 0.5) is 5.69 Å². The number of thioether (sulfide) groups is 1. The van der Waals surface area contributed by atoms with E-state index in [0.29, 0.717) is 12.1 Å². The summed E-state index contributed by atoms with van der Waals surface area (Å²) >= 11 is 7.32. The highest BCUT2D eigenvalue weighted by Crippen LogP contribution is 2.27. The summed E-state index contributed by atoms with van der Waals surface area (Å²) in [6.45, 7) is 3.95. The number of benzene rings is 2. The summed E-state index contributed by atoms with van der Waals surface area (Å²) in [7, 11) is 0. The van der Waals surface area contributed by atoms with Crippen molar-refractivity contribution in [2.24, 2.45) is 0 Å². The van der Waals surface area contributed by atoms with E-state index in [-0.39, 0.29) is 21.7 Å². The van der Waals surface area contributed by atoms with Gasteiger partial charge in [0.2, 0.25) is 5.91 Å². The topological polar surface area (TPSA) is 66.4 Å². The fraction of sp³-hybridized carbons (Fsp3) is 0.222. The molecule has 24 heavy (non-hydrogen) atoms. The second-order valence-corrected chi connectivity index (χ2v) is 7.00. The Morgan fingerprint density at radius 1 is 1.21 bits per heavy atom. The molecule has 2 rings (SSSR count). The Balaban J connectivity index is 2.10. The molecule has 1 atom stereocenters. The fourth-order valence-corrected chi connectivity index (χ4v) is 3.25. The standard InChI is InChI=1S/C18H18ClNO3S/c1-3-16(24-13-7-4-11(2)5-8-13)17(21)20-12-6-9-15(19)14(10-12)18(22)23/h4-10,16H,3H2,1-2H3,(H,20,21)(H,22,23). The minimum atomic E-state index is -1.13. The van der Waals surface area contributed by atoms with Gasteiger partial charge in [0.15, 0.2) is 0 Å². The lowest BCUT2D eigenvalue weighted by Crippen LogP contribution is -2.24. The van der Waals surface area contributed by atoms with E-state index < -0.39 is 5.97 Å². The quantitative estimate of drug-likeness (QED) is 0.719. The number of carboxylic acid groups (broad SMARTS) is 1. The summed E-state index contributed by atoms with van der Waals surface area (Å²) in [5, 5.41) is 11.7. The summed E-state index contributed by atoms with van der Waals surface area (Å²) in [5.74, 6) is -1.29. The van der Waals surface area contributed by atoms with Crippen molar-refractivity contribution < 1.29 is 14.7 Å². The van der Waals surface area contributed by atoms with Crippen molar-refractivity contribution in [1.29, 1.82) is 0 Å². The Morgan fingerprint density at radius 2 is 1.88 bits per heavy atom. The average Bonchev–Trinajstić information content (AvgIpc) is 2.55. The molecule has 6 heteroatoms. The van der Waals surface area contributed by atoms with Gasteiger partial charge in [-0.15, -0.1) is 11.8 Å². The van der Waals surface area contributed by atoms with Crippen molar-refractivity contribution in [3.8, 4) is 0 Å². The van der Waals surface area contributed by atoms with Crippen LogP contribution in [0.5, 0.6) is 0 Å². The molecule has 0 saturated heterocycles. The first-order chi connectivity index (χ1) is 11.4. The Morgan fingerprint density at radius 3 is 2.46 bits per heavy atom. The van der Waals surface area contributed by atoms with Gasteiger partial charge in [-0.25, -0.2) is 4.79 Å². The molecule has 1 amide bonds. The highest BCUT2D eigenvalue weighted by molar-refractivity contribution is 8.00. The molecule has 2 N–H and O–H groups in total. The third-order valence-electron chi connectivity index (χ3n) is 3.43. The van der Waals surface area contributed by atoms with Crippen molar-refractivity contribution in [2.75, 3.05) is 5.32 Å². The Kier molecular flexibility index (Phi) is 6.29. The van der Waals surface area contributed by atoms with Gasteiger partial charge >= 0.3 is 5.97 Å². The van der Waals surface area contributed by atoms with Gasteiger partial charge in [0, 0.05) is 10.6 Å². The van der Waals surface area contributed by atoms with Crippen LogP contribution in [0.3, 0.4) is 0 Å². The van der Waals surface area contributed by atoms with Gasteiger partial charge in [-0.2, -0.15) is 0 Å². The summed E-state index contributed by atoms with van der Waals surface area (Å²) in [6.07, 6.45) is 0.657. The number of carboxylic acids is 1. The number of hydrogen-bond acceptors (Lipinski definition) is 3. The van der Waals surface area contributed by atoms with Crippen LogP contribution >= 0.6 is 23.4 Å². The molecule has 0 aliphatic heterocycles. The van der Waals surface area contributed by atoms with Crippen LogP contribution in [0.15, 0.2) is 47.4 Å². The van der Waals surface area contributed by atoms with Gasteiger partial charge in [-0.3, -0.25) is 4.79 Å². The maximum absolute atomic E-state index is 12.5. The number of hydrogen-bond donors (Lipinski definition) is 2. The van der Waals surface area contributed by atoms with Crippen molar-refractivity contribution >= 4 is 40.9 Å². The number of carbonyl (C=O) groups is 2. The van der Waals surface area contributed by atoms with Crippen molar-refractivity contribution in [2.45, 2.75) is 30.4 Å². The zero-order valence-electron chi connectivity index (χ0n) is 13.4. The number of carbonyl (C=O) groups excluding carboxylic acids is 1. The van der Waals surface area contributed by atoms with E-state index >= 15 is 0 Å². The van der Waals surface area contributed by atoms with E-state index in [4.69, 9.17) is 16.7 Å². The average molecular weight is 364 g/mol. The summed E-state index contributed by atoms with van der Waals surface area (Å²) < 4.78 is 0. The van der Waals surface area contributed by atoms with Crippen molar-refractivity contribution in [3.63, 3.8) is 0 Å². The zero-order valence-corrected chi connectivity index (χ0v) is 14.9. The number of anilines is 1. The molecule has 0 aromatic heterocycles. The lowest BCUT2D eigenvalue weighted by Gasteiger charge is -2.15. The Hall–Kier alpha value is -1.98. The smallest absolute Gasteiger partial charge is 0.337 e. The third-order valence-corrected chi connectivity index (χ3v) is 5.13. The van der Waals surface area contributed by atoms with E-state index in [1.54, 1.807) is 6.07 Å². The van der Waals surface area contributed by atoms with Crippen LogP contribution in [0.2, 0.25) is 5.02 Å². The number of aromatic carboxylic acids is 1. The SMILES string of the molecule is CCC(Sc1ccc(C)cc1)C(=O)Nc1ccc(Cl)c(C(=O)O)c1. The largest absolute Gasteiger partial charge is 0.478 e. The fourth-order valence-electron chi connectivity index (χ4n) is 2.09. The van der Waals surface area contributed by atoms with Gasteiger partial charge in [-0.1, -0.05) is 36.2 Å². The maximum Gasteiger partial charge on any atom is 0.337 e. The molecule has 0 spiro atoms. The molecule has 0 fully saturated rings. The van der Waals surface area contributed by atoms with Gasteiger partial charge in [-0.05, 0) is 43.7 Å². The van der Waals surface area contributed by atoms with E-state index in [9.17, 15) is 9.59 Å². The third kappa shape index (κ3) is 4.76. The molecule has 2 aromatic rings. The molecule has 0 aliphatic rings. The Labute approximate surface area is 150 Å². The second-order valence-electron chi connectivity index (χ2n) is 5.32. The molecule has 0 bridgehead atoms. The van der Waals surface area contributed by atoms with Crippen molar-refractivity contribution in [1.82, 2.24) is 0 Å². The van der Waals surface area contributed by atoms with Crippen LogP contribution in [0, 0.1) is 6.92 Å². The highest BCUT2D eigenvalue weighted by atomic mass is 35.5. The van der Waals surface area contributed by atoms with Crippen LogP contribution in [-0.2, 0) is 4.79 Å². The summed E-state index contributed by atoms with van der Waals surface area (Å²) in [4.78, 5) is 24.6. The number of rotatable bonds is 6. The molecule has 4 nitrogen and oxygen atoms in total. The molecule has 1 unspecified atom stereocenters. The van der Waals surface area contributed by atoms with E-state index in [1.165, 1.54) is 29.5 Å². The normalized spacial score (nSPS) is 11.8. The van der Waals surface area contributed by atoms with Crippen molar-refractivity contribution in [3.05, 3.63) is 58.6 Å². The van der Waals surface area contributed by atoms with Gasteiger partial charge in [0.05, 0.1) is 15.8 Å². The molecule has 0 saturated carbocycles. The lowest BCUT2D eigenvalue weighted by molar-refractivity contribution is -0.115. The number of nitrogens with one attached hydrogen (secondary N) is 1. The predicted molar refractivity (Wildman–Crippen MR) is 98.2 cm³/mol. The first-order valence-corrected chi connectivity index (χ1v) is 8.73. The van der Waals surface area contributed by atoms with Crippen LogP contribution < -0.4 is 5.32 Å². The molecule has 0 heterocycles. The zero-order chi connectivity index (χ0) is 17.7. The summed E-state index contributed by atoms with van der Waals surface area (Å²) in [5.41, 5.74) is 1.55. The molecule has 2 aromatic carbocycles. The van der Waals surface area contributed by atoms with E-state index in [1.807, 2.05) is 38.1 Å². The first kappa shape index (κ1) is 18.4. The molecule has 126 valence electrons. The predicted octanol–water partition coefficient (Wildman–Crippen LogP) is 4.86. The Bertz CT molecular complexity index is 746. The van der Waals surface area contributed by atoms with Crippen LogP contribution in [0.1, 0.15) is 29.3 Å². The minimum Gasteiger partial charge on any atom is -0.478 e. The van der Waals surface area contributed by atoms with Crippen LogP contribution in [-0.4, -0.2) is 22.2 Å². The van der Waals surface area contributed by atoms with Crippen LogP contribution in [0.25, 0.3) is 0 Å². The lowest BCUT2D eigenvalue weighted by atomic mass is 10.2. The molecule has 0 aliphatic carbocycles. The monoisotopic (exact) mass is 363 g/mol. The number of aryl methyl sites for hydroxylation is 1. The van der Waals surface area contributed by atoms with E-state index in [2.05, 4.69) is 5.32 Å². The number of halogens is 1. The van der Waals surface area contributed by atoms with Gasteiger partial charge in [0.1, 0.15) is 0 Å². The molecular weight excluding hydrogens is 346 g/mol. The maximum atomic E-state index is 12.5. The van der Waals surface area contributed by atoms with Gasteiger partial charge in [0.25, 0.3) is 0 Å². The molecule has 0 radical (unpaired) electrons. The second kappa shape index (κ2) is 8.22. The van der Waals surface area contributed by atoms with E-state index in [0.717, 1.165) is 4.90 Å². The first-order valence-electron chi connectivity index (χ1n) is 7.47. The minimum absolute atomic E-state index is 0.0336. The van der Waals surface area contributed by atoms with Gasteiger partial charge < -0.3 is 10.4 Å². The molecular formula is C18H18ClNO3S.